The van der Waals surface area contributed by atoms with Crippen LogP contribution in [0, 0.1) is 23.4 Å². The molecule has 0 bridgehead atoms. The molecule has 1 aromatic rings. The van der Waals surface area contributed by atoms with Crippen LogP contribution in [0.3, 0.4) is 0 Å². The van der Waals surface area contributed by atoms with Crippen molar-refractivity contribution >= 4 is 10.0 Å². The molecule has 0 saturated heterocycles. The Morgan fingerprint density at radius 1 is 1.26 bits per heavy atom. The monoisotopic (exact) mass is 297 g/mol. The molecular formula is C11H14F3NO3S. The number of halogens is 3. The van der Waals surface area contributed by atoms with Gasteiger partial charge >= 0.3 is 0 Å². The van der Waals surface area contributed by atoms with Gasteiger partial charge in [0.05, 0.1) is 0 Å². The van der Waals surface area contributed by atoms with Crippen LogP contribution in [0.5, 0.6) is 0 Å². The summed E-state index contributed by atoms with van der Waals surface area (Å²) in [7, 11) is -4.40. The number of rotatable bonds is 6. The van der Waals surface area contributed by atoms with E-state index in [0.717, 1.165) is 0 Å². The van der Waals surface area contributed by atoms with Gasteiger partial charge in [-0.25, -0.2) is 26.3 Å². The minimum atomic E-state index is -4.40. The molecule has 0 saturated carbocycles. The Morgan fingerprint density at radius 3 is 2.26 bits per heavy atom. The molecule has 108 valence electrons. The van der Waals surface area contributed by atoms with Crippen molar-refractivity contribution in [1.82, 2.24) is 4.72 Å². The first-order chi connectivity index (χ1) is 8.77. The van der Waals surface area contributed by atoms with E-state index < -0.39 is 32.4 Å². The Bertz CT molecular complexity index is 525. The lowest BCUT2D eigenvalue weighted by atomic mass is 10.1. The number of aliphatic hydroxyl groups is 1. The summed E-state index contributed by atoms with van der Waals surface area (Å²) in [5.41, 5.74) is 0. The third kappa shape index (κ3) is 4.19. The van der Waals surface area contributed by atoms with E-state index in [0.29, 0.717) is 18.6 Å². The average molecular weight is 297 g/mol. The Hall–Kier alpha value is -1.12. The fourth-order valence-electron chi connectivity index (χ4n) is 1.43. The highest BCUT2D eigenvalue weighted by Crippen LogP contribution is 2.20. The summed E-state index contributed by atoms with van der Waals surface area (Å²) in [6, 6.07) is 0.601. The fourth-order valence-corrected chi connectivity index (χ4v) is 2.71. The van der Waals surface area contributed by atoms with Crippen molar-refractivity contribution in [3.8, 4) is 0 Å². The Balaban J connectivity index is 2.95. The van der Waals surface area contributed by atoms with Gasteiger partial charge in [0.1, 0.15) is 17.5 Å². The van der Waals surface area contributed by atoms with Crippen LogP contribution in [0.1, 0.15) is 13.3 Å². The second-order valence-corrected chi connectivity index (χ2v) is 5.87. The Labute approximate surface area is 109 Å². The zero-order valence-corrected chi connectivity index (χ0v) is 11.0. The van der Waals surface area contributed by atoms with E-state index in [1.54, 1.807) is 6.92 Å². The average Bonchev–Trinajstić information content (AvgIpc) is 2.25. The molecule has 2 N–H and O–H groups in total. The molecule has 0 spiro atoms. The SMILES string of the molecule is CC(CCO)CNS(=O)(=O)c1c(F)cc(F)cc1F. The predicted octanol–water partition coefficient (Wildman–Crippen LogP) is 1.40. The van der Waals surface area contributed by atoms with E-state index in [1.807, 2.05) is 4.72 Å². The van der Waals surface area contributed by atoms with Crippen molar-refractivity contribution < 1.29 is 26.7 Å². The smallest absolute Gasteiger partial charge is 0.246 e. The number of sulfonamides is 1. The molecule has 0 aliphatic carbocycles. The number of benzene rings is 1. The van der Waals surface area contributed by atoms with Gasteiger partial charge in [-0.15, -0.1) is 0 Å². The lowest BCUT2D eigenvalue weighted by Crippen LogP contribution is -2.30. The molecule has 0 amide bonds. The second-order valence-electron chi connectivity index (χ2n) is 4.17. The van der Waals surface area contributed by atoms with Crippen LogP contribution in [-0.4, -0.2) is 26.7 Å². The minimum absolute atomic E-state index is 0.0842. The summed E-state index contributed by atoms with van der Waals surface area (Å²) >= 11 is 0. The van der Waals surface area contributed by atoms with Crippen LogP contribution in [-0.2, 0) is 10.0 Å². The van der Waals surface area contributed by atoms with E-state index in [1.165, 1.54) is 0 Å². The summed E-state index contributed by atoms with van der Waals surface area (Å²) in [6.45, 7) is 1.46. The van der Waals surface area contributed by atoms with Crippen LogP contribution in [0.4, 0.5) is 13.2 Å². The van der Waals surface area contributed by atoms with Gasteiger partial charge in [0, 0.05) is 25.3 Å². The molecule has 4 nitrogen and oxygen atoms in total. The quantitative estimate of drug-likeness (QED) is 0.834. The number of nitrogens with one attached hydrogen (secondary N) is 1. The van der Waals surface area contributed by atoms with Gasteiger partial charge in [-0.2, -0.15) is 0 Å². The zero-order chi connectivity index (χ0) is 14.6. The molecule has 8 heteroatoms. The first-order valence-corrected chi connectivity index (χ1v) is 7.01. The highest BCUT2D eigenvalue weighted by Gasteiger charge is 2.25. The molecule has 1 unspecified atom stereocenters. The summed E-state index contributed by atoms with van der Waals surface area (Å²) in [5.74, 6) is -4.37. The zero-order valence-electron chi connectivity index (χ0n) is 10.2. The molecular weight excluding hydrogens is 283 g/mol. The van der Waals surface area contributed by atoms with Gasteiger partial charge < -0.3 is 5.11 Å². The highest BCUT2D eigenvalue weighted by molar-refractivity contribution is 7.89. The molecule has 0 aliphatic heterocycles. The van der Waals surface area contributed by atoms with Gasteiger partial charge in [0.2, 0.25) is 10.0 Å². The first-order valence-electron chi connectivity index (χ1n) is 5.53. The van der Waals surface area contributed by atoms with E-state index in [4.69, 9.17) is 5.11 Å². The summed E-state index contributed by atoms with van der Waals surface area (Å²) in [5, 5.41) is 8.66. The lowest BCUT2D eigenvalue weighted by Gasteiger charge is -2.12. The first kappa shape index (κ1) is 15.9. The molecule has 0 aromatic heterocycles. The summed E-state index contributed by atoms with van der Waals surface area (Å²) in [4.78, 5) is -1.20. The second kappa shape index (κ2) is 6.36. The third-order valence-corrected chi connectivity index (χ3v) is 3.95. The van der Waals surface area contributed by atoms with Crippen molar-refractivity contribution in [2.45, 2.75) is 18.2 Å². The van der Waals surface area contributed by atoms with Gasteiger partial charge in [-0.3, -0.25) is 0 Å². The topological polar surface area (TPSA) is 66.4 Å². The summed E-state index contributed by atoms with van der Waals surface area (Å²) in [6.07, 6.45) is 0.344. The molecule has 0 fully saturated rings. The maximum atomic E-state index is 13.3. The Kier molecular flexibility index (Phi) is 5.33. The normalized spacial score (nSPS) is 13.5. The van der Waals surface area contributed by atoms with Crippen LogP contribution in [0.15, 0.2) is 17.0 Å². The number of aliphatic hydroxyl groups excluding tert-OH is 1. The largest absolute Gasteiger partial charge is 0.396 e. The third-order valence-electron chi connectivity index (χ3n) is 2.48. The molecule has 0 heterocycles. The van der Waals surface area contributed by atoms with Crippen LogP contribution < -0.4 is 4.72 Å². The molecule has 1 rings (SSSR count). The van der Waals surface area contributed by atoms with E-state index >= 15 is 0 Å². The van der Waals surface area contributed by atoms with Gasteiger partial charge in [-0.05, 0) is 12.3 Å². The van der Waals surface area contributed by atoms with Gasteiger partial charge in [0.25, 0.3) is 0 Å². The Morgan fingerprint density at radius 2 is 1.79 bits per heavy atom. The van der Waals surface area contributed by atoms with Gasteiger partial charge in [0.15, 0.2) is 4.90 Å². The maximum absolute atomic E-state index is 13.3. The number of hydrogen-bond acceptors (Lipinski definition) is 3. The van der Waals surface area contributed by atoms with Crippen molar-refractivity contribution in [3.05, 3.63) is 29.6 Å². The molecule has 0 aliphatic rings. The van der Waals surface area contributed by atoms with E-state index in [2.05, 4.69) is 0 Å². The maximum Gasteiger partial charge on any atom is 0.246 e. The van der Waals surface area contributed by atoms with Crippen LogP contribution in [0.25, 0.3) is 0 Å². The van der Waals surface area contributed by atoms with Crippen LogP contribution in [0.2, 0.25) is 0 Å². The lowest BCUT2D eigenvalue weighted by molar-refractivity contribution is 0.263. The van der Waals surface area contributed by atoms with Crippen molar-refractivity contribution in [1.29, 1.82) is 0 Å². The van der Waals surface area contributed by atoms with Gasteiger partial charge in [-0.1, -0.05) is 6.92 Å². The van der Waals surface area contributed by atoms with Crippen molar-refractivity contribution in [3.63, 3.8) is 0 Å². The molecule has 1 atom stereocenters. The predicted molar refractivity (Wildman–Crippen MR) is 62.4 cm³/mol. The van der Waals surface area contributed by atoms with Crippen LogP contribution >= 0.6 is 0 Å². The van der Waals surface area contributed by atoms with Crippen molar-refractivity contribution in [2.24, 2.45) is 5.92 Å². The molecule has 19 heavy (non-hydrogen) atoms. The number of hydrogen-bond donors (Lipinski definition) is 2. The van der Waals surface area contributed by atoms with E-state index in [-0.39, 0.29) is 19.1 Å². The highest BCUT2D eigenvalue weighted by atomic mass is 32.2. The fraction of sp³-hybridized carbons (Fsp3) is 0.455. The molecule has 0 radical (unpaired) electrons. The van der Waals surface area contributed by atoms with Crippen molar-refractivity contribution in [2.75, 3.05) is 13.2 Å². The van der Waals surface area contributed by atoms with E-state index in [9.17, 15) is 21.6 Å². The standard InChI is InChI=1S/C11H14F3NO3S/c1-7(2-3-16)6-15-19(17,18)11-9(13)4-8(12)5-10(11)14/h4-5,7,15-16H,2-3,6H2,1H3. The summed E-state index contributed by atoms with van der Waals surface area (Å²) < 4.78 is 64.8. The molecule has 1 aromatic carbocycles. The minimum Gasteiger partial charge on any atom is -0.396 e.